The van der Waals surface area contributed by atoms with E-state index < -0.39 is 29.6 Å². The van der Waals surface area contributed by atoms with Gasteiger partial charge in [-0.1, -0.05) is 19.1 Å². The van der Waals surface area contributed by atoms with E-state index in [9.17, 15) is 22.4 Å². The van der Waals surface area contributed by atoms with Gasteiger partial charge >= 0.3 is 6.18 Å². The molecule has 0 spiro atoms. The summed E-state index contributed by atoms with van der Waals surface area (Å²) in [6, 6.07) is 9.71. The Bertz CT molecular complexity index is 698. The molecule has 0 saturated heterocycles. The summed E-state index contributed by atoms with van der Waals surface area (Å²) >= 11 is 0. The summed E-state index contributed by atoms with van der Waals surface area (Å²) in [4.78, 5) is 12.2. The molecule has 0 saturated carbocycles. The molecule has 0 aliphatic rings. The van der Waals surface area contributed by atoms with Crippen molar-refractivity contribution < 1.29 is 27.1 Å². The summed E-state index contributed by atoms with van der Waals surface area (Å²) in [6.07, 6.45) is -5.35. The van der Waals surface area contributed by atoms with Gasteiger partial charge in [0.1, 0.15) is 11.6 Å². The van der Waals surface area contributed by atoms with E-state index >= 15 is 0 Å². The van der Waals surface area contributed by atoms with Crippen LogP contribution < -0.4 is 10.1 Å². The second-order valence-electron chi connectivity index (χ2n) is 5.00. The molecule has 7 heteroatoms. The second-order valence-corrected chi connectivity index (χ2v) is 5.00. The van der Waals surface area contributed by atoms with Gasteiger partial charge in [-0.2, -0.15) is 13.2 Å². The zero-order chi connectivity index (χ0) is 17.7. The maximum absolute atomic E-state index is 12.9. The number of hydrogen-bond acceptors (Lipinski definition) is 2. The zero-order valence-corrected chi connectivity index (χ0v) is 12.7. The summed E-state index contributed by atoms with van der Waals surface area (Å²) < 4.78 is 57.1. The van der Waals surface area contributed by atoms with E-state index in [0.717, 1.165) is 6.07 Å². The van der Waals surface area contributed by atoms with Gasteiger partial charge < -0.3 is 10.1 Å². The van der Waals surface area contributed by atoms with Crippen LogP contribution in [0.15, 0.2) is 48.5 Å². The molecule has 2 aromatic carbocycles. The number of nitrogens with one attached hydrogen (secondary N) is 1. The molecule has 1 N–H and O–H groups in total. The largest absolute Gasteiger partial charge is 0.481 e. The fourth-order valence-electron chi connectivity index (χ4n) is 2.05. The van der Waals surface area contributed by atoms with Crippen molar-refractivity contribution >= 4 is 11.6 Å². The van der Waals surface area contributed by atoms with Crippen LogP contribution in [0.3, 0.4) is 0 Å². The topological polar surface area (TPSA) is 38.3 Å². The van der Waals surface area contributed by atoms with Gasteiger partial charge in [-0.15, -0.1) is 0 Å². The van der Waals surface area contributed by atoms with Crippen molar-refractivity contribution in [2.24, 2.45) is 0 Å². The molecule has 24 heavy (non-hydrogen) atoms. The van der Waals surface area contributed by atoms with E-state index in [1.54, 1.807) is 6.92 Å². The standard InChI is InChI=1S/C17H15F4NO2/c1-2-15(24-12-9-7-11(18)8-10-12)16(23)22-14-6-4-3-5-13(14)17(19,20)21/h3-10,15H,2H2,1H3,(H,22,23)/t15-/m0/s1. The van der Waals surface area contributed by atoms with Crippen LogP contribution in [-0.4, -0.2) is 12.0 Å². The van der Waals surface area contributed by atoms with Crippen molar-refractivity contribution in [2.45, 2.75) is 25.6 Å². The lowest BCUT2D eigenvalue weighted by Crippen LogP contribution is -2.33. The lowest BCUT2D eigenvalue weighted by molar-refractivity contribution is -0.137. The quantitative estimate of drug-likeness (QED) is 0.805. The number of amides is 1. The Labute approximate surface area is 136 Å². The Morgan fingerprint density at radius 2 is 1.75 bits per heavy atom. The normalized spacial score (nSPS) is 12.5. The van der Waals surface area contributed by atoms with Crippen molar-refractivity contribution in [1.29, 1.82) is 0 Å². The van der Waals surface area contributed by atoms with Crippen LogP contribution in [0, 0.1) is 5.82 Å². The highest BCUT2D eigenvalue weighted by molar-refractivity contribution is 5.95. The number of carbonyl (C=O) groups is 1. The summed E-state index contributed by atoms with van der Waals surface area (Å²) in [5, 5.41) is 2.24. The van der Waals surface area contributed by atoms with E-state index in [4.69, 9.17) is 4.74 Å². The SMILES string of the molecule is CC[C@H](Oc1ccc(F)cc1)C(=O)Nc1ccccc1C(F)(F)F. The van der Waals surface area contributed by atoms with Gasteiger partial charge in [-0.05, 0) is 42.8 Å². The number of benzene rings is 2. The number of rotatable bonds is 5. The number of alkyl halides is 3. The Morgan fingerprint density at radius 1 is 1.12 bits per heavy atom. The average Bonchev–Trinajstić information content (AvgIpc) is 2.53. The first-order valence-corrected chi connectivity index (χ1v) is 7.20. The number of carbonyl (C=O) groups excluding carboxylic acids is 1. The molecule has 0 unspecified atom stereocenters. The Kier molecular flexibility index (Phi) is 5.43. The van der Waals surface area contributed by atoms with Gasteiger partial charge in [-0.3, -0.25) is 4.79 Å². The summed E-state index contributed by atoms with van der Waals surface area (Å²) in [5.74, 6) is -0.917. The Hall–Kier alpha value is -2.57. The van der Waals surface area contributed by atoms with Gasteiger partial charge in [0, 0.05) is 0 Å². The van der Waals surface area contributed by atoms with Crippen molar-refractivity contribution in [1.82, 2.24) is 0 Å². The van der Waals surface area contributed by atoms with Crippen LogP contribution in [0.25, 0.3) is 0 Å². The molecule has 1 amide bonds. The van der Waals surface area contributed by atoms with Crippen LogP contribution in [0.2, 0.25) is 0 Å². The predicted octanol–water partition coefficient (Wildman–Crippen LogP) is 4.64. The van der Waals surface area contributed by atoms with Gasteiger partial charge in [0.2, 0.25) is 0 Å². The molecule has 128 valence electrons. The van der Waals surface area contributed by atoms with E-state index in [1.807, 2.05) is 0 Å². The molecular formula is C17H15F4NO2. The zero-order valence-electron chi connectivity index (χ0n) is 12.7. The molecule has 3 nitrogen and oxygen atoms in total. The fourth-order valence-corrected chi connectivity index (χ4v) is 2.05. The maximum atomic E-state index is 12.9. The molecule has 2 rings (SSSR count). The van der Waals surface area contributed by atoms with Gasteiger partial charge in [0.15, 0.2) is 6.10 Å². The minimum Gasteiger partial charge on any atom is -0.481 e. The monoisotopic (exact) mass is 341 g/mol. The Balaban J connectivity index is 2.14. The minimum absolute atomic E-state index is 0.234. The fraction of sp³-hybridized carbons (Fsp3) is 0.235. The van der Waals surface area contributed by atoms with Crippen molar-refractivity contribution in [3.8, 4) is 5.75 Å². The van der Waals surface area contributed by atoms with Crippen molar-refractivity contribution in [3.63, 3.8) is 0 Å². The number of hydrogen-bond donors (Lipinski definition) is 1. The van der Waals surface area contributed by atoms with Gasteiger partial charge in [-0.25, -0.2) is 4.39 Å². The summed E-state index contributed by atoms with van der Waals surface area (Å²) in [6.45, 7) is 1.66. The third-order valence-corrected chi connectivity index (χ3v) is 3.25. The van der Waals surface area contributed by atoms with Crippen LogP contribution in [0.1, 0.15) is 18.9 Å². The van der Waals surface area contributed by atoms with Gasteiger partial charge in [0.25, 0.3) is 5.91 Å². The first-order chi connectivity index (χ1) is 11.3. The lowest BCUT2D eigenvalue weighted by Gasteiger charge is -2.19. The summed E-state index contributed by atoms with van der Waals surface area (Å²) in [7, 11) is 0. The molecule has 2 aromatic rings. The average molecular weight is 341 g/mol. The van der Waals surface area contributed by atoms with Gasteiger partial charge in [0.05, 0.1) is 11.3 Å². The smallest absolute Gasteiger partial charge is 0.418 e. The second kappa shape index (κ2) is 7.33. The van der Waals surface area contributed by atoms with Crippen molar-refractivity contribution in [3.05, 3.63) is 59.9 Å². The molecular weight excluding hydrogens is 326 g/mol. The highest BCUT2D eigenvalue weighted by Crippen LogP contribution is 2.34. The number of halogens is 4. The first kappa shape index (κ1) is 17.8. The number of para-hydroxylation sites is 1. The molecule has 0 aliphatic carbocycles. The molecule has 0 bridgehead atoms. The van der Waals surface area contributed by atoms with Crippen LogP contribution >= 0.6 is 0 Å². The van der Waals surface area contributed by atoms with Crippen LogP contribution in [0.5, 0.6) is 5.75 Å². The Morgan fingerprint density at radius 3 is 2.33 bits per heavy atom. The van der Waals surface area contributed by atoms with Crippen LogP contribution in [0.4, 0.5) is 23.2 Å². The molecule has 0 radical (unpaired) electrons. The molecule has 0 fully saturated rings. The highest BCUT2D eigenvalue weighted by Gasteiger charge is 2.34. The molecule has 1 atom stereocenters. The first-order valence-electron chi connectivity index (χ1n) is 7.20. The third kappa shape index (κ3) is 4.47. The van der Waals surface area contributed by atoms with E-state index in [2.05, 4.69) is 5.32 Å². The third-order valence-electron chi connectivity index (χ3n) is 3.25. The van der Waals surface area contributed by atoms with E-state index in [1.165, 1.54) is 42.5 Å². The molecule has 0 aliphatic heterocycles. The van der Waals surface area contributed by atoms with Crippen molar-refractivity contribution in [2.75, 3.05) is 5.32 Å². The molecule has 0 aromatic heterocycles. The minimum atomic E-state index is -4.58. The predicted molar refractivity (Wildman–Crippen MR) is 81.2 cm³/mol. The van der Waals surface area contributed by atoms with E-state index in [0.29, 0.717) is 0 Å². The highest BCUT2D eigenvalue weighted by atomic mass is 19.4. The number of anilines is 1. The maximum Gasteiger partial charge on any atom is 0.418 e. The van der Waals surface area contributed by atoms with Crippen LogP contribution in [-0.2, 0) is 11.0 Å². The lowest BCUT2D eigenvalue weighted by atomic mass is 10.1. The summed E-state index contributed by atoms with van der Waals surface area (Å²) in [5.41, 5.74) is -1.27. The number of ether oxygens (including phenoxy) is 1. The molecule has 0 heterocycles. The van der Waals surface area contributed by atoms with E-state index in [-0.39, 0.29) is 17.9 Å².